The molecule has 0 saturated carbocycles. The Balaban J connectivity index is 1.72. The number of benzene rings is 1. The lowest BCUT2D eigenvalue weighted by Gasteiger charge is -2.22. The van der Waals surface area contributed by atoms with Gasteiger partial charge in [-0.15, -0.1) is 0 Å². The summed E-state index contributed by atoms with van der Waals surface area (Å²) in [5.74, 6) is -0.0214. The average molecular weight is 338 g/mol. The molecule has 1 unspecified atom stereocenters. The SMILES string of the molecule is CC(=O)N1CCc2cc(S(=O)(=O)NCC3CCCCO3)ccc21. The van der Waals surface area contributed by atoms with E-state index in [1.165, 1.54) is 6.92 Å². The molecule has 0 spiro atoms. The molecule has 2 heterocycles. The smallest absolute Gasteiger partial charge is 0.240 e. The van der Waals surface area contributed by atoms with E-state index in [0.717, 1.165) is 30.5 Å². The molecular weight excluding hydrogens is 316 g/mol. The van der Waals surface area contributed by atoms with Crippen LogP contribution in [-0.4, -0.2) is 40.1 Å². The second-order valence-electron chi connectivity index (χ2n) is 6.05. The van der Waals surface area contributed by atoms with Crippen molar-refractivity contribution in [2.45, 2.75) is 43.6 Å². The number of rotatable bonds is 4. The Labute approximate surface area is 136 Å². The third kappa shape index (κ3) is 3.57. The Morgan fingerprint density at radius 1 is 1.39 bits per heavy atom. The third-order valence-corrected chi connectivity index (χ3v) is 5.83. The normalized spacial score (nSPS) is 21.3. The predicted molar refractivity (Wildman–Crippen MR) is 87.0 cm³/mol. The van der Waals surface area contributed by atoms with E-state index in [-0.39, 0.29) is 16.9 Å². The maximum absolute atomic E-state index is 12.4. The van der Waals surface area contributed by atoms with E-state index in [4.69, 9.17) is 4.74 Å². The summed E-state index contributed by atoms with van der Waals surface area (Å²) in [4.78, 5) is 13.5. The highest BCUT2D eigenvalue weighted by Gasteiger charge is 2.25. The predicted octanol–water partition coefficient (Wildman–Crippen LogP) is 1.44. The number of nitrogens with one attached hydrogen (secondary N) is 1. The molecule has 23 heavy (non-hydrogen) atoms. The molecule has 1 aromatic carbocycles. The summed E-state index contributed by atoms with van der Waals surface area (Å²) in [6, 6.07) is 4.95. The van der Waals surface area contributed by atoms with Gasteiger partial charge in [0, 0.05) is 32.3 Å². The fourth-order valence-corrected chi connectivity index (χ4v) is 4.24. The molecule has 1 atom stereocenters. The number of ether oxygens (including phenoxy) is 1. The lowest BCUT2D eigenvalue weighted by molar-refractivity contribution is -0.116. The van der Waals surface area contributed by atoms with Gasteiger partial charge in [-0.1, -0.05) is 0 Å². The lowest BCUT2D eigenvalue weighted by atomic mass is 10.1. The highest BCUT2D eigenvalue weighted by atomic mass is 32.2. The van der Waals surface area contributed by atoms with Gasteiger partial charge in [0.05, 0.1) is 11.0 Å². The first-order chi connectivity index (χ1) is 11.0. The van der Waals surface area contributed by atoms with E-state index >= 15 is 0 Å². The summed E-state index contributed by atoms with van der Waals surface area (Å²) < 4.78 is 33.1. The standard InChI is InChI=1S/C16H22N2O4S/c1-12(19)18-8-7-13-10-15(5-6-16(13)18)23(20,21)17-11-14-4-2-3-9-22-14/h5-6,10,14,17H,2-4,7-9,11H2,1H3. The summed E-state index contributed by atoms with van der Waals surface area (Å²) in [5, 5.41) is 0. The van der Waals surface area contributed by atoms with Crippen molar-refractivity contribution >= 4 is 21.6 Å². The van der Waals surface area contributed by atoms with Crippen molar-refractivity contribution in [3.63, 3.8) is 0 Å². The summed E-state index contributed by atoms with van der Waals surface area (Å²) in [7, 11) is -3.55. The molecule has 1 N–H and O–H groups in total. The second kappa shape index (κ2) is 6.59. The molecular formula is C16H22N2O4S. The molecule has 0 aliphatic carbocycles. The first-order valence-corrected chi connectivity index (χ1v) is 9.48. The van der Waals surface area contributed by atoms with Gasteiger partial charge in [-0.2, -0.15) is 0 Å². The summed E-state index contributed by atoms with van der Waals surface area (Å²) in [6.07, 6.45) is 3.65. The van der Waals surface area contributed by atoms with Gasteiger partial charge in [-0.25, -0.2) is 13.1 Å². The molecule has 1 amide bonds. The van der Waals surface area contributed by atoms with Crippen molar-refractivity contribution in [2.75, 3.05) is 24.6 Å². The Hall–Kier alpha value is -1.44. The largest absolute Gasteiger partial charge is 0.377 e. The van der Waals surface area contributed by atoms with Gasteiger partial charge >= 0.3 is 0 Å². The van der Waals surface area contributed by atoms with Gasteiger partial charge in [0.25, 0.3) is 0 Å². The zero-order valence-electron chi connectivity index (χ0n) is 13.2. The summed E-state index contributed by atoms with van der Waals surface area (Å²) >= 11 is 0. The minimum atomic E-state index is -3.55. The Morgan fingerprint density at radius 3 is 2.91 bits per heavy atom. The molecule has 1 aromatic rings. The number of sulfonamides is 1. The maximum atomic E-state index is 12.4. The average Bonchev–Trinajstić information content (AvgIpc) is 2.97. The van der Waals surface area contributed by atoms with Gasteiger partial charge in [-0.3, -0.25) is 4.79 Å². The number of anilines is 1. The van der Waals surface area contributed by atoms with Crippen LogP contribution in [0.5, 0.6) is 0 Å². The van der Waals surface area contributed by atoms with Crippen molar-refractivity contribution < 1.29 is 17.9 Å². The van der Waals surface area contributed by atoms with Gasteiger partial charge in [0.15, 0.2) is 0 Å². The number of hydrogen-bond acceptors (Lipinski definition) is 4. The molecule has 1 saturated heterocycles. The number of carbonyl (C=O) groups excluding carboxylic acids is 1. The van der Waals surface area contributed by atoms with E-state index in [0.29, 0.717) is 26.1 Å². The number of carbonyl (C=O) groups is 1. The molecule has 6 nitrogen and oxygen atoms in total. The second-order valence-corrected chi connectivity index (χ2v) is 7.82. The first kappa shape index (κ1) is 16.4. The first-order valence-electron chi connectivity index (χ1n) is 8.00. The molecule has 3 rings (SSSR count). The quantitative estimate of drug-likeness (QED) is 0.901. The van der Waals surface area contributed by atoms with E-state index in [9.17, 15) is 13.2 Å². The molecule has 7 heteroatoms. The maximum Gasteiger partial charge on any atom is 0.240 e. The van der Waals surface area contributed by atoms with Crippen LogP contribution < -0.4 is 9.62 Å². The van der Waals surface area contributed by atoms with E-state index in [1.54, 1.807) is 23.1 Å². The summed E-state index contributed by atoms with van der Waals surface area (Å²) in [6.45, 7) is 3.13. The van der Waals surface area contributed by atoms with E-state index < -0.39 is 10.0 Å². The van der Waals surface area contributed by atoms with Crippen LogP contribution in [0.3, 0.4) is 0 Å². The van der Waals surface area contributed by atoms with Crippen LogP contribution in [-0.2, 0) is 26.0 Å². The molecule has 0 bridgehead atoms. The van der Waals surface area contributed by atoms with E-state index in [1.807, 2.05) is 0 Å². The van der Waals surface area contributed by atoms with Crippen LogP contribution in [0.15, 0.2) is 23.1 Å². The van der Waals surface area contributed by atoms with Crippen LogP contribution >= 0.6 is 0 Å². The van der Waals surface area contributed by atoms with Gasteiger partial charge in [0.1, 0.15) is 0 Å². The van der Waals surface area contributed by atoms with E-state index in [2.05, 4.69) is 4.72 Å². The van der Waals surface area contributed by atoms with Crippen LogP contribution in [0.1, 0.15) is 31.7 Å². The van der Waals surface area contributed by atoms with Crippen molar-refractivity contribution in [1.82, 2.24) is 4.72 Å². The van der Waals surface area contributed by atoms with Crippen LogP contribution in [0, 0.1) is 0 Å². The van der Waals surface area contributed by atoms with Crippen molar-refractivity contribution in [2.24, 2.45) is 0 Å². The van der Waals surface area contributed by atoms with Crippen molar-refractivity contribution in [3.8, 4) is 0 Å². The molecule has 126 valence electrons. The third-order valence-electron chi connectivity index (χ3n) is 4.41. The number of fused-ring (bicyclic) bond motifs is 1. The van der Waals surface area contributed by atoms with Crippen LogP contribution in [0.4, 0.5) is 5.69 Å². The number of amides is 1. The van der Waals surface area contributed by atoms with Crippen LogP contribution in [0.2, 0.25) is 0 Å². The summed E-state index contributed by atoms with van der Waals surface area (Å²) in [5.41, 5.74) is 1.71. The molecule has 2 aliphatic heterocycles. The van der Waals surface area contributed by atoms with Gasteiger partial charge in [-0.05, 0) is 49.4 Å². The van der Waals surface area contributed by atoms with Gasteiger partial charge in [0.2, 0.25) is 15.9 Å². The molecule has 0 radical (unpaired) electrons. The van der Waals surface area contributed by atoms with Crippen LogP contribution in [0.25, 0.3) is 0 Å². The monoisotopic (exact) mass is 338 g/mol. The fraction of sp³-hybridized carbons (Fsp3) is 0.562. The number of hydrogen-bond donors (Lipinski definition) is 1. The minimum absolute atomic E-state index is 0.0214. The Kier molecular flexibility index (Phi) is 4.70. The topological polar surface area (TPSA) is 75.7 Å². The zero-order valence-corrected chi connectivity index (χ0v) is 14.1. The zero-order chi connectivity index (χ0) is 16.4. The number of nitrogens with zero attached hydrogens (tertiary/aromatic N) is 1. The molecule has 1 fully saturated rings. The van der Waals surface area contributed by atoms with Gasteiger partial charge < -0.3 is 9.64 Å². The molecule has 2 aliphatic rings. The highest BCUT2D eigenvalue weighted by Crippen LogP contribution is 2.30. The highest BCUT2D eigenvalue weighted by molar-refractivity contribution is 7.89. The Bertz CT molecular complexity index is 696. The van der Waals surface area contributed by atoms with Crippen molar-refractivity contribution in [1.29, 1.82) is 0 Å². The van der Waals surface area contributed by atoms with Crippen molar-refractivity contribution in [3.05, 3.63) is 23.8 Å². The Morgan fingerprint density at radius 2 is 2.22 bits per heavy atom. The lowest BCUT2D eigenvalue weighted by Crippen LogP contribution is -2.35. The minimum Gasteiger partial charge on any atom is -0.377 e. The fourth-order valence-electron chi connectivity index (χ4n) is 3.13. The molecule has 0 aromatic heterocycles.